The summed E-state index contributed by atoms with van der Waals surface area (Å²) in [6.45, 7) is 3.39. The van der Waals surface area contributed by atoms with Crippen molar-refractivity contribution in [3.8, 4) is 11.5 Å². The molecule has 3 aromatic rings. The Morgan fingerprint density at radius 3 is 2.26 bits per heavy atom. The average Bonchev–Trinajstić information content (AvgIpc) is 2.82. The van der Waals surface area contributed by atoms with E-state index >= 15 is 0 Å². The maximum absolute atomic E-state index is 12.3. The molecule has 0 fully saturated rings. The molecule has 31 heavy (non-hydrogen) atoms. The molecule has 0 aliphatic rings. The molecule has 0 saturated carbocycles. The third kappa shape index (κ3) is 7.63. The minimum atomic E-state index is -0.276. The van der Waals surface area contributed by atoms with Gasteiger partial charge in [0, 0.05) is 5.56 Å². The first-order valence-electron chi connectivity index (χ1n) is 10.6. The van der Waals surface area contributed by atoms with E-state index in [2.05, 4.69) is 17.5 Å². The van der Waals surface area contributed by atoms with E-state index in [0.29, 0.717) is 17.9 Å². The molecule has 0 bridgehead atoms. The van der Waals surface area contributed by atoms with Crippen molar-refractivity contribution in [2.24, 2.45) is 5.10 Å². The lowest BCUT2D eigenvalue weighted by atomic mass is 10.2. The molecule has 0 saturated heterocycles. The number of carbonyl (C=O) groups excluding carboxylic acids is 1. The van der Waals surface area contributed by atoms with Gasteiger partial charge in [0.15, 0.2) is 0 Å². The number of hydrazone groups is 1. The summed E-state index contributed by atoms with van der Waals surface area (Å²) in [5.74, 6) is 1.27. The molecule has 3 rings (SSSR count). The zero-order chi connectivity index (χ0) is 21.7. The van der Waals surface area contributed by atoms with E-state index < -0.39 is 0 Å². The van der Waals surface area contributed by atoms with Gasteiger partial charge in [0.1, 0.15) is 18.1 Å². The highest BCUT2D eigenvalue weighted by Gasteiger charge is 2.04. The zero-order valence-electron chi connectivity index (χ0n) is 17.8. The molecule has 0 spiro atoms. The quantitative estimate of drug-likeness (QED) is 0.251. The second kappa shape index (κ2) is 12.2. The standard InChI is InChI=1S/C26H28N2O3/c1-2-3-7-18-30-24-14-10-21(11-15-24)19-27-28-26(29)23-12-16-25(17-13-23)31-20-22-8-5-4-6-9-22/h4-6,8-17,19H,2-3,7,18,20H2,1H3,(H,28,29). The van der Waals surface area contributed by atoms with Crippen molar-refractivity contribution in [2.45, 2.75) is 32.8 Å². The van der Waals surface area contributed by atoms with Crippen LogP contribution in [0.3, 0.4) is 0 Å². The Kier molecular flexibility index (Phi) is 8.68. The van der Waals surface area contributed by atoms with Crippen LogP contribution >= 0.6 is 0 Å². The summed E-state index contributed by atoms with van der Waals surface area (Å²) in [7, 11) is 0. The Morgan fingerprint density at radius 1 is 0.871 bits per heavy atom. The summed E-state index contributed by atoms with van der Waals surface area (Å²) in [6, 6.07) is 24.6. The van der Waals surface area contributed by atoms with Crippen molar-refractivity contribution in [3.63, 3.8) is 0 Å². The van der Waals surface area contributed by atoms with Crippen LogP contribution in [0.1, 0.15) is 47.7 Å². The molecule has 5 heteroatoms. The lowest BCUT2D eigenvalue weighted by Crippen LogP contribution is -2.17. The molecule has 0 atom stereocenters. The predicted octanol–water partition coefficient (Wildman–Crippen LogP) is 5.60. The van der Waals surface area contributed by atoms with Gasteiger partial charge >= 0.3 is 0 Å². The fourth-order valence-corrected chi connectivity index (χ4v) is 2.87. The topological polar surface area (TPSA) is 59.9 Å². The molecule has 0 radical (unpaired) electrons. The van der Waals surface area contributed by atoms with Gasteiger partial charge in [-0.05, 0) is 66.1 Å². The van der Waals surface area contributed by atoms with Gasteiger partial charge in [-0.2, -0.15) is 5.10 Å². The maximum atomic E-state index is 12.3. The van der Waals surface area contributed by atoms with E-state index in [4.69, 9.17) is 9.47 Å². The largest absolute Gasteiger partial charge is 0.494 e. The SMILES string of the molecule is CCCCCOc1ccc(C=NNC(=O)c2ccc(OCc3ccccc3)cc2)cc1. The van der Waals surface area contributed by atoms with Gasteiger partial charge in [-0.1, -0.05) is 50.1 Å². The van der Waals surface area contributed by atoms with Gasteiger partial charge in [0.2, 0.25) is 0 Å². The van der Waals surface area contributed by atoms with E-state index in [1.807, 2.05) is 54.6 Å². The van der Waals surface area contributed by atoms with Crippen molar-refractivity contribution >= 4 is 12.1 Å². The Balaban J connectivity index is 1.44. The van der Waals surface area contributed by atoms with E-state index in [9.17, 15) is 4.79 Å². The molecule has 160 valence electrons. The molecule has 5 nitrogen and oxygen atoms in total. The number of nitrogens with zero attached hydrogens (tertiary/aromatic N) is 1. The molecule has 0 aliphatic carbocycles. The number of hydrogen-bond acceptors (Lipinski definition) is 4. The first-order valence-corrected chi connectivity index (χ1v) is 10.6. The van der Waals surface area contributed by atoms with Crippen LogP contribution in [0, 0.1) is 0 Å². The summed E-state index contributed by atoms with van der Waals surface area (Å²) in [5, 5.41) is 4.04. The Morgan fingerprint density at radius 2 is 1.55 bits per heavy atom. The number of carbonyl (C=O) groups is 1. The molecule has 1 N–H and O–H groups in total. The summed E-state index contributed by atoms with van der Waals surface area (Å²) in [6.07, 6.45) is 5.02. The van der Waals surface area contributed by atoms with Gasteiger partial charge < -0.3 is 9.47 Å². The van der Waals surface area contributed by atoms with Crippen molar-refractivity contribution in [1.29, 1.82) is 0 Å². The molecular weight excluding hydrogens is 388 g/mol. The summed E-state index contributed by atoms with van der Waals surface area (Å²) < 4.78 is 11.4. The third-order valence-corrected chi connectivity index (χ3v) is 4.64. The van der Waals surface area contributed by atoms with Crippen LogP contribution < -0.4 is 14.9 Å². The van der Waals surface area contributed by atoms with Gasteiger partial charge in [-0.3, -0.25) is 4.79 Å². The van der Waals surface area contributed by atoms with Crippen LogP contribution in [0.4, 0.5) is 0 Å². The molecule has 0 unspecified atom stereocenters. The Bertz CT molecular complexity index is 952. The average molecular weight is 417 g/mol. The minimum Gasteiger partial charge on any atom is -0.494 e. The highest BCUT2D eigenvalue weighted by Crippen LogP contribution is 2.15. The van der Waals surface area contributed by atoms with E-state index in [0.717, 1.165) is 29.9 Å². The molecule has 3 aromatic carbocycles. The molecule has 1 amide bonds. The van der Waals surface area contributed by atoms with Crippen LogP contribution in [0.5, 0.6) is 11.5 Å². The highest BCUT2D eigenvalue weighted by atomic mass is 16.5. The van der Waals surface area contributed by atoms with E-state index in [1.165, 1.54) is 12.8 Å². The lowest BCUT2D eigenvalue weighted by molar-refractivity contribution is 0.0955. The van der Waals surface area contributed by atoms with E-state index in [1.54, 1.807) is 30.5 Å². The Hall–Kier alpha value is -3.60. The first-order chi connectivity index (χ1) is 15.2. The summed E-state index contributed by atoms with van der Waals surface area (Å²) >= 11 is 0. The number of rotatable bonds is 11. The smallest absolute Gasteiger partial charge is 0.271 e. The molecule has 0 aromatic heterocycles. The predicted molar refractivity (Wildman–Crippen MR) is 124 cm³/mol. The van der Waals surface area contributed by atoms with Gasteiger partial charge in [-0.25, -0.2) is 5.43 Å². The second-order valence-corrected chi connectivity index (χ2v) is 7.12. The van der Waals surface area contributed by atoms with Crippen molar-refractivity contribution in [2.75, 3.05) is 6.61 Å². The van der Waals surface area contributed by atoms with Gasteiger partial charge in [0.05, 0.1) is 12.8 Å². The lowest BCUT2D eigenvalue weighted by Gasteiger charge is -2.07. The number of unbranched alkanes of at least 4 members (excludes halogenated alkanes) is 2. The van der Waals surface area contributed by atoms with Crippen LogP contribution in [0.2, 0.25) is 0 Å². The number of ether oxygens (including phenoxy) is 2. The third-order valence-electron chi connectivity index (χ3n) is 4.64. The normalized spacial score (nSPS) is 10.7. The molecule has 0 heterocycles. The van der Waals surface area contributed by atoms with Crippen molar-refractivity contribution < 1.29 is 14.3 Å². The maximum Gasteiger partial charge on any atom is 0.271 e. The van der Waals surface area contributed by atoms with Crippen LogP contribution in [0.15, 0.2) is 84.0 Å². The fraction of sp³-hybridized carbons (Fsp3) is 0.231. The van der Waals surface area contributed by atoms with Crippen molar-refractivity contribution in [1.82, 2.24) is 5.43 Å². The fourth-order valence-electron chi connectivity index (χ4n) is 2.87. The monoisotopic (exact) mass is 416 g/mol. The number of benzene rings is 3. The zero-order valence-corrected chi connectivity index (χ0v) is 17.8. The van der Waals surface area contributed by atoms with Crippen LogP contribution in [-0.4, -0.2) is 18.7 Å². The van der Waals surface area contributed by atoms with Crippen LogP contribution in [-0.2, 0) is 6.61 Å². The number of amides is 1. The van der Waals surface area contributed by atoms with Gasteiger partial charge in [-0.15, -0.1) is 0 Å². The van der Waals surface area contributed by atoms with Crippen molar-refractivity contribution in [3.05, 3.63) is 95.6 Å². The van der Waals surface area contributed by atoms with E-state index in [-0.39, 0.29) is 5.91 Å². The highest BCUT2D eigenvalue weighted by molar-refractivity contribution is 5.95. The van der Waals surface area contributed by atoms with Crippen LogP contribution in [0.25, 0.3) is 0 Å². The molecule has 0 aliphatic heterocycles. The number of nitrogens with one attached hydrogen (secondary N) is 1. The molecular formula is C26H28N2O3. The van der Waals surface area contributed by atoms with Gasteiger partial charge in [0.25, 0.3) is 5.91 Å². The first kappa shape index (κ1) is 22.1. The second-order valence-electron chi connectivity index (χ2n) is 7.12. The summed E-state index contributed by atoms with van der Waals surface area (Å²) in [5.41, 5.74) is 5.03. The number of hydrogen-bond donors (Lipinski definition) is 1. The summed E-state index contributed by atoms with van der Waals surface area (Å²) in [4.78, 5) is 12.3. The Labute approximate surface area is 183 Å². The minimum absolute atomic E-state index is 0.276.